The SMILES string of the molecule is CC(C)C[C@H]1COCCN1Cc1cnn(CCC(=O)O)c1. The normalized spacial score (nSPS) is 20.0. The van der Waals surface area contributed by atoms with Crippen LogP contribution in [0.25, 0.3) is 0 Å². The van der Waals surface area contributed by atoms with Crippen LogP contribution in [0.2, 0.25) is 0 Å². The number of nitrogens with zero attached hydrogens (tertiary/aromatic N) is 3. The molecule has 1 N–H and O–H groups in total. The summed E-state index contributed by atoms with van der Waals surface area (Å²) < 4.78 is 7.30. The largest absolute Gasteiger partial charge is 0.481 e. The number of ether oxygens (including phenoxy) is 1. The predicted octanol–water partition coefficient (Wildman–Crippen LogP) is 1.60. The number of carboxylic acids is 1. The summed E-state index contributed by atoms with van der Waals surface area (Å²) in [5, 5.41) is 12.9. The molecule has 0 spiro atoms. The second-order valence-electron chi connectivity index (χ2n) is 6.08. The van der Waals surface area contributed by atoms with Gasteiger partial charge in [0, 0.05) is 30.9 Å². The van der Waals surface area contributed by atoms with E-state index in [-0.39, 0.29) is 6.42 Å². The molecule has 1 aromatic heterocycles. The molecule has 6 nitrogen and oxygen atoms in total. The zero-order chi connectivity index (χ0) is 15.2. The van der Waals surface area contributed by atoms with Gasteiger partial charge in [0.1, 0.15) is 0 Å². The average molecular weight is 295 g/mol. The van der Waals surface area contributed by atoms with Gasteiger partial charge in [-0.3, -0.25) is 14.4 Å². The molecule has 118 valence electrons. The van der Waals surface area contributed by atoms with E-state index in [0.717, 1.165) is 38.3 Å². The fourth-order valence-corrected chi connectivity index (χ4v) is 2.71. The Balaban J connectivity index is 1.91. The van der Waals surface area contributed by atoms with Gasteiger partial charge in [0.15, 0.2) is 0 Å². The molecule has 21 heavy (non-hydrogen) atoms. The first-order valence-electron chi connectivity index (χ1n) is 7.59. The first kappa shape index (κ1) is 16.0. The van der Waals surface area contributed by atoms with E-state index in [4.69, 9.17) is 9.84 Å². The van der Waals surface area contributed by atoms with Crippen molar-refractivity contribution in [3.8, 4) is 0 Å². The summed E-state index contributed by atoms with van der Waals surface area (Å²) in [6.07, 6.45) is 5.02. The van der Waals surface area contributed by atoms with Crippen LogP contribution in [0, 0.1) is 5.92 Å². The van der Waals surface area contributed by atoms with Crippen LogP contribution in [-0.2, 0) is 22.6 Å². The molecule has 0 radical (unpaired) electrons. The first-order valence-corrected chi connectivity index (χ1v) is 7.59. The molecule has 0 unspecified atom stereocenters. The van der Waals surface area contributed by atoms with E-state index in [1.807, 2.05) is 12.4 Å². The highest BCUT2D eigenvalue weighted by Crippen LogP contribution is 2.18. The highest BCUT2D eigenvalue weighted by Gasteiger charge is 2.24. The predicted molar refractivity (Wildman–Crippen MR) is 79.0 cm³/mol. The van der Waals surface area contributed by atoms with Crippen molar-refractivity contribution in [1.29, 1.82) is 0 Å². The van der Waals surface area contributed by atoms with Crippen LogP contribution < -0.4 is 0 Å². The van der Waals surface area contributed by atoms with Crippen LogP contribution in [0.1, 0.15) is 32.3 Å². The lowest BCUT2D eigenvalue weighted by Crippen LogP contribution is -2.45. The van der Waals surface area contributed by atoms with Gasteiger partial charge < -0.3 is 9.84 Å². The summed E-state index contributed by atoms with van der Waals surface area (Å²) in [6.45, 7) is 8.26. The van der Waals surface area contributed by atoms with Crippen molar-refractivity contribution in [2.45, 2.75) is 45.8 Å². The van der Waals surface area contributed by atoms with Gasteiger partial charge in [0.05, 0.1) is 32.4 Å². The second-order valence-corrected chi connectivity index (χ2v) is 6.08. The lowest BCUT2D eigenvalue weighted by Gasteiger charge is -2.36. The summed E-state index contributed by atoms with van der Waals surface area (Å²) in [6, 6.07) is 0.459. The van der Waals surface area contributed by atoms with Gasteiger partial charge >= 0.3 is 5.97 Å². The molecule has 2 rings (SSSR count). The van der Waals surface area contributed by atoms with E-state index in [0.29, 0.717) is 18.5 Å². The van der Waals surface area contributed by atoms with Crippen molar-refractivity contribution in [3.05, 3.63) is 18.0 Å². The summed E-state index contributed by atoms with van der Waals surface area (Å²) in [4.78, 5) is 13.0. The van der Waals surface area contributed by atoms with E-state index < -0.39 is 5.97 Å². The zero-order valence-electron chi connectivity index (χ0n) is 12.9. The fourth-order valence-electron chi connectivity index (χ4n) is 2.71. The highest BCUT2D eigenvalue weighted by atomic mass is 16.5. The summed E-state index contributed by atoms with van der Waals surface area (Å²) in [5.74, 6) is -0.144. The van der Waals surface area contributed by atoms with E-state index >= 15 is 0 Å². The monoisotopic (exact) mass is 295 g/mol. The molecule has 1 aromatic rings. The zero-order valence-corrected chi connectivity index (χ0v) is 12.9. The lowest BCUT2D eigenvalue weighted by atomic mass is 10.0. The molecule has 1 saturated heterocycles. The smallest absolute Gasteiger partial charge is 0.305 e. The van der Waals surface area contributed by atoms with E-state index in [9.17, 15) is 4.79 Å². The first-order chi connectivity index (χ1) is 10.0. The Morgan fingerprint density at radius 2 is 2.38 bits per heavy atom. The molecule has 6 heteroatoms. The molecular weight excluding hydrogens is 270 g/mol. The van der Waals surface area contributed by atoms with Gasteiger partial charge in [-0.25, -0.2) is 0 Å². The third-order valence-corrected chi connectivity index (χ3v) is 3.72. The number of aryl methyl sites for hydroxylation is 1. The molecule has 2 heterocycles. The Kier molecular flexibility index (Phi) is 5.76. The van der Waals surface area contributed by atoms with Crippen LogP contribution in [0.5, 0.6) is 0 Å². The van der Waals surface area contributed by atoms with Gasteiger partial charge in [-0.1, -0.05) is 13.8 Å². The van der Waals surface area contributed by atoms with E-state index in [1.54, 1.807) is 4.68 Å². The van der Waals surface area contributed by atoms with Crippen molar-refractivity contribution in [3.63, 3.8) is 0 Å². The third kappa shape index (κ3) is 5.13. The van der Waals surface area contributed by atoms with E-state index in [2.05, 4.69) is 23.8 Å². The maximum absolute atomic E-state index is 10.6. The molecule has 1 fully saturated rings. The number of carboxylic acid groups (broad SMARTS) is 1. The Hall–Kier alpha value is -1.40. The average Bonchev–Trinajstić information content (AvgIpc) is 2.86. The molecule has 0 aliphatic carbocycles. The molecule has 0 saturated carbocycles. The van der Waals surface area contributed by atoms with Crippen molar-refractivity contribution in [2.24, 2.45) is 5.92 Å². The quantitative estimate of drug-likeness (QED) is 0.827. The number of carbonyl (C=O) groups is 1. The molecule has 1 aliphatic rings. The Bertz CT molecular complexity index is 459. The Morgan fingerprint density at radius 3 is 3.10 bits per heavy atom. The van der Waals surface area contributed by atoms with Gasteiger partial charge in [0.25, 0.3) is 0 Å². The standard InChI is InChI=1S/C15H25N3O3/c1-12(2)7-14-11-21-6-5-17(14)9-13-8-16-18(10-13)4-3-15(19)20/h8,10,12,14H,3-7,9,11H2,1-2H3,(H,19,20)/t14-/m0/s1. The highest BCUT2D eigenvalue weighted by molar-refractivity contribution is 5.66. The third-order valence-electron chi connectivity index (χ3n) is 3.72. The lowest BCUT2D eigenvalue weighted by molar-refractivity contribution is -0.137. The minimum atomic E-state index is -0.794. The van der Waals surface area contributed by atoms with Crippen molar-refractivity contribution >= 4 is 5.97 Å². The maximum Gasteiger partial charge on any atom is 0.305 e. The molecular formula is C15H25N3O3. The van der Waals surface area contributed by atoms with Crippen LogP contribution in [0.3, 0.4) is 0 Å². The van der Waals surface area contributed by atoms with Gasteiger partial charge in [0.2, 0.25) is 0 Å². The Morgan fingerprint density at radius 1 is 1.57 bits per heavy atom. The van der Waals surface area contributed by atoms with Crippen molar-refractivity contribution in [2.75, 3.05) is 19.8 Å². The molecule has 1 aliphatic heterocycles. The van der Waals surface area contributed by atoms with Gasteiger partial charge in [-0.2, -0.15) is 5.10 Å². The van der Waals surface area contributed by atoms with Gasteiger partial charge in [-0.15, -0.1) is 0 Å². The van der Waals surface area contributed by atoms with Crippen LogP contribution in [0.4, 0.5) is 0 Å². The number of morpholine rings is 1. The summed E-state index contributed by atoms with van der Waals surface area (Å²) >= 11 is 0. The fraction of sp³-hybridized carbons (Fsp3) is 0.733. The number of hydrogen-bond donors (Lipinski definition) is 1. The van der Waals surface area contributed by atoms with Crippen molar-refractivity contribution < 1.29 is 14.6 Å². The molecule has 0 amide bonds. The second kappa shape index (κ2) is 7.56. The van der Waals surface area contributed by atoms with Gasteiger partial charge in [-0.05, 0) is 12.3 Å². The molecule has 0 aromatic carbocycles. The maximum atomic E-state index is 10.6. The summed E-state index contributed by atoms with van der Waals surface area (Å²) in [7, 11) is 0. The topological polar surface area (TPSA) is 67.6 Å². The molecule has 0 bridgehead atoms. The summed E-state index contributed by atoms with van der Waals surface area (Å²) in [5.41, 5.74) is 1.14. The minimum Gasteiger partial charge on any atom is -0.481 e. The molecule has 1 atom stereocenters. The van der Waals surface area contributed by atoms with Crippen LogP contribution in [0.15, 0.2) is 12.4 Å². The minimum absolute atomic E-state index is 0.106. The number of hydrogen-bond acceptors (Lipinski definition) is 4. The Labute approximate surface area is 125 Å². The van der Waals surface area contributed by atoms with E-state index in [1.165, 1.54) is 0 Å². The number of rotatable bonds is 7. The van der Waals surface area contributed by atoms with Crippen LogP contribution >= 0.6 is 0 Å². The number of aromatic nitrogens is 2. The number of aliphatic carboxylic acids is 1. The van der Waals surface area contributed by atoms with Crippen LogP contribution in [-0.4, -0.2) is 51.6 Å². The van der Waals surface area contributed by atoms with Crippen molar-refractivity contribution in [1.82, 2.24) is 14.7 Å².